The summed E-state index contributed by atoms with van der Waals surface area (Å²) in [5.74, 6) is 1.16. The van der Waals surface area contributed by atoms with Crippen molar-refractivity contribution in [2.75, 3.05) is 51.7 Å². The van der Waals surface area contributed by atoms with E-state index >= 15 is 0 Å². The van der Waals surface area contributed by atoms with E-state index in [4.69, 9.17) is 9.26 Å². The van der Waals surface area contributed by atoms with Crippen molar-refractivity contribution < 1.29 is 14.1 Å². The fourth-order valence-corrected chi connectivity index (χ4v) is 3.92. The van der Waals surface area contributed by atoms with Crippen molar-refractivity contribution in [2.45, 2.75) is 39.2 Å². The molecule has 2 aromatic heterocycles. The minimum absolute atomic E-state index is 0.277. The molecule has 0 spiro atoms. The van der Waals surface area contributed by atoms with E-state index in [0.29, 0.717) is 44.4 Å². The molecule has 3 aromatic rings. The number of carbonyl (C=O) groups is 1. The number of H-pyrrole nitrogens is 1. The van der Waals surface area contributed by atoms with Gasteiger partial charge in [-0.05, 0) is 69.7 Å². The molecule has 9 nitrogen and oxygen atoms in total. The Kier molecular flexibility index (Phi) is 6.60. The summed E-state index contributed by atoms with van der Waals surface area (Å²) in [6, 6.07) is 6.41. The third kappa shape index (κ3) is 5.84. The minimum atomic E-state index is -0.493. The number of benzene rings is 1. The second kappa shape index (κ2) is 9.43. The number of ether oxygens (including phenoxy) is 1. The minimum Gasteiger partial charge on any atom is -0.444 e. The summed E-state index contributed by atoms with van der Waals surface area (Å²) in [6.45, 7) is 9.05. The van der Waals surface area contributed by atoms with E-state index in [2.05, 4.69) is 58.5 Å². The van der Waals surface area contributed by atoms with Crippen LogP contribution in [-0.2, 0) is 17.6 Å². The number of anilines is 1. The van der Waals surface area contributed by atoms with Crippen LogP contribution in [0.5, 0.6) is 0 Å². The Morgan fingerprint density at radius 1 is 1.21 bits per heavy atom. The summed E-state index contributed by atoms with van der Waals surface area (Å²) in [5.41, 5.74) is 3.10. The number of hydrogen-bond donors (Lipinski definition) is 1. The molecule has 1 N–H and O–H groups in total. The lowest BCUT2D eigenvalue weighted by Gasteiger charge is -2.34. The zero-order valence-corrected chi connectivity index (χ0v) is 20.2. The quantitative estimate of drug-likeness (QED) is 0.611. The monoisotopic (exact) mass is 454 g/mol. The van der Waals surface area contributed by atoms with Gasteiger partial charge in [0.2, 0.25) is 5.89 Å². The highest BCUT2D eigenvalue weighted by Crippen LogP contribution is 2.23. The van der Waals surface area contributed by atoms with Crippen LogP contribution in [0.25, 0.3) is 10.9 Å². The molecule has 0 aliphatic carbocycles. The van der Waals surface area contributed by atoms with E-state index in [9.17, 15) is 4.79 Å². The Hall–Kier alpha value is -3.07. The Morgan fingerprint density at radius 2 is 1.97 bits per heavy atom. The summed E-state index contributed by atoms with van der Waals surface area (Å²) >= 11 is 0. The van der Waals surface area contributed by atoms with Gasteiger partial charge in [-0.1, -0.05) is 6.07 Å². The topological polar surface area (TPSA) is 90.7 Å². The third-order valence-electron chi connectivity index (χ3n) is 5.69. The zero-order chi connectivity index (χ0) is 23.6. The maximum absolute atomic E-state index is 12.3. The molecular weight excluding hydrogens is 420 g/mol. The molecule has 9 heteroatoms. The number of amides is 1. The number of carbonyl (C=O) groups excluding carboxylic acids is 1. The van der Waals surface area contributed by atoms with Gasteiger partial charge in [0.25, 0.3) is 5.95 Å². The molecular formula is C24H34N6O3. The van der Waals surface area contributed by atoms with Crippen LogP contribution in [0.4, 0.5) is 10.7 Å². The molecule has 1 aromatic carbocycles. The van der Waals surface area contributed by atoms with Crippen LogP contribution in [0.3, 0.4) is 0 Å². The molecule has 1 fully saturated rings. The molecule has 178 valence electrons. The number of rotatable bonds is 6. The number of likely N-dealkylation sites (N-methyl/N-ethyl adjacent to an activating group) is 1. The predicted octanol–water partition coefficient (Wildman–Crippen LogP) is 3.30. The van der Waals surface area contributed by atoms with Crippen LogP contribution in [-0.4, -0.2) is 83.4 Å². The maximum atomic E-state index is 12.3. The van der Waals surface area contributed by atoms with E-state index in [1.807, 2.05) is 25.7 Å². The van der Waals surface area contributed by atoms with E-state index in [0.717, 1.165) is 24.0 Å². The summed E-state index contributed by atoms with van der Waals surface area (Å²) in [6.07, 6.45) is 3.40. The van der Waals surface area contributed by atoms with Crippen LogP contribution in [0.1, 0.15) is 37.8 Å². The van der Waals surface area contributed by atoms with Crippen LogP contribution in [0, 0.1) is 0 Å². The second-order valence-electron chi connectivity index (χ2n) is 9.87. The van der Waals surface area contributed by atoms with Crippen molar-refractivity contribution >= 4 is 22.9 Å². The van der Waals surface area contributed by atoms with Gasteiger partial charge in [0, 0.05) is 49.8 Å². The molecule has 0 unspecified atom stereocenters. The fourth-order valence-electron chi connectivity index (χ4n) is 3.92. The highest BCUT2D eigenvalue weighted by molar-refractivity contribution is 5.84. The largest absolute Gasteiger partial charge is 0.444 e. The molecule has 4 rings (SSSR count). The second-order valence-corrected chi connectivity index (χ2v) is 9.87. The highest BCUT2D eigenvalue weighted by atomic mass is 16.6. The molecule has 1 aliphatic heterocycles. The Labute approximate surface area is 194 Å². The zero-order valence-electron chi connectivity index (χ0n) is 20.2. The summed E-state index contributed by atoms with van der Waals surface area (Å²) in [5, 5.41) is 5.42. The number of nitrogens with one attached hydrogen (secondary N) is 1. The van der Waals surface area contributed by atoms with E-state index in [1.165, 1.54) is 10.9 Å². The number of nitrogens with zero attached hydrogens (tertiary/aromatic N) is 5. The normalized spacial score (nSPS) is 15.0. The van der Waals surface area contributed by atoms with Crippen molar-refractivity contribution in [1.29, 1.82) is 0 Å². The molecule has 1 saturated heterocycles. The molecule has 0 bridgehead atoms. The van der Waals surface area contributed by atoms with Crippen molar-refractivity contribution in [3.63, 3.8) is 0 Å². The smallest absolute Gasteiger partial charge is 0.410 e. The van der Waals surface area contributed by atoms with Crippen molar-refractivity contribution in [3.8, 4) is 0 Å². The molecule has 33 heavy (non-hydrogen) atoms. The van der Waals surface area contributed by atoms with Crippen molar-refractivity contribution in [2.24, 2.45) is 0 Å². The highest BCUT2D eigenvalue weighted by Gasteiger charge is 2.27. The molecule has 1 aliphatic rings. The number of aromatic amines is 1. The Morgan fingerprint density at radius 3 is 2.67 bits per heavy atom. The maximum Gasteiger partial charge on any atom is 0.410 e. The number of fused-ring (bicyclic) bond motifs is 1. The standard InChI is InChI=1S/C24H34N6O3/c1-24(2,3)32-23(31)30-12-10-29(11-13-30)22-26-21(33-27-22)15-17-6-7-20-19(14-17)18(16-25-20)8-9-28(4)5/h6-7,14,16,25H,8-13,15H2,1-5H3. The number of piperazine rings is 1. The molecule has 0 radical (unpaired) electrons. The van der Waals surface area contributed by atoms with Crippen molar-refractivity contribution in [1.82, 2.24) is 24.9 Å². The molecule has 0 saturated carbocycles. The van der Waals surface area contributed by atoms with Gasteiger partial charge < -0.3 is 28.9 Å². The average Bonchev–Trinajstić information content (AvgIpc) is 3.38. The summed E-state index contributed by atoms with van der Waals surface area (Å²) < 4.78 is 11.0. The fraction of sp³-hybridized carbons (Fsp3) is 0.542. The first-order chi connectivity index (χ1) is 15.7. The summed E-state index contributed by atoms with van der Waals surface area (Å²) in [7, 11) is 4.18. The third-order valence-corrected chi connectivity index (χ3v) is 5.69. The van der Waals surface area contributed by atoms with Crippen LogP contribution in [0.2, 0.25) is 0 Å². The van der Waals surface area contributed by atoms with Crippen LogP contribution >= 0.6 is 0 Å². The van der Waals surface area contributed by atoms with Gasteiger partial charge in [0.05, 0.1) is 6.42 Å². The van der Waals surface area contributed by atoms with E-state index in [-0.39, 0.29) is 6.09 Å². The van der Waals surface area contributed by atoms with Gasteiger partial charge in [-0.25, -0.2) is 4.79 Å². The van der Waals surface area contributed by atoms with Gasteiger partial charge in [0.15, 0.2) is 0 Å². The number of hydrogen-bond acceptors (Lipinski definition) is 7. The van der Waals surface area contributed by atoms with Gasteiger partial charge in [-0.2, -0.15) is 4.98 Å². The number of aromatic nitrogens is 3. The first kappa shape index (κ1) is 23.1. The molecule has 3 heterocycles. The molecule has 0 atom stereocenters. The summed E-state index contributed by atoms with van der Waals surface area (Å²) in [4.78, 5) is 26.2. The lowest BCUT2D eigenvalue weighted by Crippen LogP contribution is -2.50. The van der Waals surface area contributed by atoms with Crippen LogP contribution in [0.15, 0.2) is 28.9 Å². The van der Waals surface area contributed by atoms with E-state index in [1.54, 1.807) is 4.90 Å². The molecule has 1 amide bonds. The lowest BCUT2D eigenvalue weighted by atomic mass is 10.1. The van der Waals surface area contributed by atoms with Gasteiger partial charge in [-0.3, -0.25) is 0 Å². The van der Waals surface area contributed by atoms with Crippen LogP contribution < -0.4 is 4.90 Å². The Balaban J connectivity index is 1.37. The van der Waals surface area contributed by atoms with E-state index < -0.39 is 5.60 Å². The average molecular weight is 455 g/mol. The first-order valence-electron chi connectivity index (χ1n) is 11.5. The Bertz CT molecular complexity index is 1090. The van der Waals surface area contributed by atoms with Gasteiger partial charge >= 0.3 is 6.09 Å². The van der Waals surface area contributed by atoms with Gasteiger partial charge in [0.1, 0.15) is 5.60 Å². The lowest BCUT2D eigenvalue weighted by molar-refractivity contribution is 0.0240. The van der Waals surface area contributed by atoms with Crippen molar-refractivity contribution in [3.05, 3.63) is 41.4 Å². The van der Waals surface area contributed by atoms with Gasteiger partial charge in [-0.15, -0.1) is 0 Å². The first-order valence-corrected chi connectivity index (χ1v) is 11.5. The SMILES string of the molecule is CN(C)CCc1c[nH]c2ccc(Cc3nc(N4CCN(C(=O)OC(C)(C)C)CC4)no3)cc12. The predicted molar refractivity (Wildman–Crippen MR) is 128 cm³/mol.